The van der Waals surface area contributed by atoms with Gasteiger partial charge < -0.3 is 15.4 Å². The monoisotopic (exact) mass is 303 g/mol. The summed E-state index contributed by atoms with van der Waals surface area (Å²) in [5, 5.41) is 6.82. The zero-order valence-corrected chi connectivity index (χ0v) is 14.5. The molecule has 0 aliphatic heterocycles. The van der Waals surface area contributed by atoms with E-state index in [-0.39, 0.29) is 11.0 Å². The largest absolute Gasteiger partial charge is 0.377 e. The molecule has 1 aliphatic carbocycles. The number of hydrogen-bond acceptors (Lipinski definition) is 2. The van der Waals surface area contributed by atoms with Gasteiger partial charge in [-0.05, 0) is 44.7 Å². The van der Waals surface area contributed by atoms with Gasteiger partial charge in [0.1, 0.15) is 0 Å². The van der Waals surface area contributed by atoms with Crippen LogP contribution in [0.25, 0.3) is 0 Å². The fraction of sp³-hybridized carbons (Fsp3) is 0.611. The van der Waals surface area contributed by atoms with Crippen molar-refractivity contribution < 1.29 is 4.74 Å². The number of aryl methyl sites for hydroxylation is 1. The summed E-state index contributed by atoms with van der Waals surface area (Å²) >= 11 is 0. The highest BCUT2D eigenvalue weighted by Gasteiger charge is 2.44. The van der Waals surface area contributed by atoms with Crippen LogP contribution in [0.5, 0.6) is 0 Å². The Kier molecular flexibility index (Phi) is 5.12. The van der Waals surface area contributed by atoms with Crippen molar-refractivity contribution in [1.29, 1.82) is 0 Å². The van der Waals surface area contributed by atoms with Crippen LogP contribution < -0.4 is 10.6 Å². The molecule has 0 atom stereocenters. The van der Waals surface area contributed by atoms with E-state index in [4.69, 9.17) is 4.74 Å². The molecule has 2 N–H and O–H groups in total. The first-order valence-electron chi connectivity index (χ1n) is 7.98. The number of rotatable bonds is 6. The second-order valence-corrected chi connectivity index (χ2v) is 6.84. The van der Waals surface area contributed by atoms with Crippen molar-refractivity contribution in [3.05, 3.63) is 35.4 Å². The van der Waals surface area contributed by atoms with Crippen LogP contribution >= 0.6 is 0 Å². The summed E-state index contributed by atoms with van der Waals surface area (Å²) in [5.74, 6) is 0.838. The first-order valence-corrected chi connectivity index (χ1v) is 7.98. The third-order valence-corrected chi connectivity index (χ3v) is 4.62. The predicted molar refractivity (Wildman–Crippen MR) is 92.5 cm³/mol. The van der Waals surface area contributed by atoms with Crippen molar-refractivity contribution in [3.63, 3.8) is 0 Å². The average Bonchev–Trinajstić information content (AvgIpc) is 3.29. The van der Waals surface area contributed by atoms with E-state index in [1.54, 1.807) is 7.11 Å². The Labute approximate surface area is 134 Å². The van der Waals surface area contributed by atoms with E-state index in [0.29, 0.717) is 0 Å². The van der Waals surface area contributed by atoms with Crippen LogP contribution in [0.1, 0.15) is 37.8 Å². The molecule has 4 nitrogen and oxygen atoms in total. The first kappa shape index (κ1) is 16.8. The van der Waals surface area contributed by atoms with Gasteiger partial charge >= 0.3 is 0 Å². The third-order valence-electron chi connectivity index (χ3n) is 4.62. The Morgan fingerprint density at radius 2 is 1.95 bits per heavy atom. The smallest absolute Gasteiger partial charge is 0.191 e. The number of benzene rings is 1. The summed E-state index contributed by atoms with van der Waals surface area (Å²) in [4.78, 5) is 4.31. The molecule has 1 aromatic carbocycles. The minimum atomic E-state index is -0.203. The van der Waals surface area contributed by atoms with Crippen molar-refractivity contribution >= 4 is 5.96 Å². The molecular formula is C18H29N3O. The van der Waals surface area contributed by atoms with Crippen LogP contribution in [0.15, 0.2) is 29.3 Å². The highest BCUT2D eigenvalue weighted by atomic mass is 16.5. The second kappa shape index (κ2) is 6.69. The minimum Gasteiger partial charge on any atom is -0.377 e. The zero-order valence-electron chi connectivity index (χ0n) is 14.5. The molecule has 0 saturated heterocycles. The molecular weight excluding hydrogens is 274 g/mol. The SMILES string of the molecule is CN=C(NCC(C)(C)OC)NCC1(c2ccccc2C)CC1. The molecule has 122 valence electrons. The maximum Gasteiger partial charge on any atom is 0.191 e. The fourth-order valence-corrected chi connectivity index (χ4v) is 2.70. The lowest BCUT2D eigenvalue weighted by molar-refractivity contribution is 0.0268. The van der Waals surface area contributed by atoms with Crippen molar-refractivity contribution in [2.75, 3.05) is 27.2 Å². The number of methoxy groups -OCH3 is 1. The lowest BCUT2D eigenvalue weighted by Crippen LogP contribution is -2.47. The Morgan fingerprint density at radius 3 is 2.50 bits per heavy atom. The van der Waals surface area contributed by atoms with Crippen LogP contribution in [0, 0.1) is 6.92 Å². The number of hydrogen-bond donors (Lipinski definition) is 2. The van der Waals surface area contributed by atoms with E-state index in [9.17, 15) is 0 Å². The Hall–Kier alpha value is -1.55. The fourth-order valence-electron chi connectivity index (χ4n) is 2.70. The maximum absolute atomic E-state index is 5.43. The van der Waals surface area contributed by atoms with Crippen molar-refractivity contribution in [1.82, 2.24) is 10.6 Å². The molecule has 1 aliphatic rings. The summed E-state index contributed by atoms with van der Waals surface area (Å²) in [6.07, 6.45) is 2.48. The number of nitrogens with one attached hydrogen (secondary N) is 2. The van der Waals surface area contributed by atoms with Crippen LogP contribution in [-0.4, -0.2) is 38.8 Å². The number of ether oxygens (including phenoxy) is 1. The number of aliphatic imine (C=N–C) groups is 1. The topological polar surface area (TPSA) is 45.7 Å². The summed E-state index contributed by atoms with van der Waals surface area (Å²) < 4.78 is 5.43. The summed E-state index contributed by atoms with van der Waals surface area (Å²) in [5.41, 5.74) is 2.92. The van der Waals surface area contributed by atoms with Crippen molar-refractivity contribution in [3.8, 4) is 0 Å². The molecule has 0 heterocycles. The van der Waals surface area contributed by atoms with Gasteiger partial charge in [-0.2, -0.15) is 0 Å². The van der Waals surface area contributed by atoms with Gasteiger partial charge in [-0.1, -0.05) is 24.3 Å². The molecule has 22 heavy (non-hydrogen) atoms. The lowest BCUT2D eigenvalue weighted by atomic mass is 9.92. The second-order valence-electron chi connectivity index (χ2n) is 6.84. The van der Waals surface area contributed by atoms with Gasteiger partial charge in [0.05, 0.1) is 5.60 Å². The lowest BCUT2D eigenvalue weighted by Gasteiger charge is -2.25. The molecule has 0 spiro atoms. The van der Waals surface area contributed by atoms with E-state index >= 15 is 0 Å². The highest BCUT2D eigenvalue weighted by Crippen LogP contribution is 2.48. The molecule has 0 radical (unpaired) electrons. The molecule has 1 saturated carbocycles. The van der Waals surface area contributed by atoms with E-state index in [0.717, 1.165) is 19.0 Å². The van der Waals surface area contributed by atoms with Crippen LogP contribution in [0.4, 0.5) is 0 Å². The van der Waals surface area contributed by atoms with Crippen molar-refractivity contribution in [2.24, 2.45) is 4.99 Å². The molecule has 2 rings (SSSR count). The zero-order chi connectivity index (χ0) is 16.2. The number of guanidine groups is 1. The molecule has 0 aromatic heterocycles. The summed E-state index contributed by atoms with van der Waals surface area (Å²) in [6.45, 7) is 7.96. The number of nitrogens with zero attached hydrogens (tertiary/aromatic N) is 1. The van der Waals surface area contributed by atoms with Crippen LogP contribution in [0.2, 0.25) is 0 Å². The van der Waals surface area contributed by atoms with Gasteiger partial charge in [0.15, 0.2) is 5.96 Å². The van der Waals surface area contributed by atoms with E-state index < -0.39 is 0 Å². The van der Waals surface area contributed by atoms with Crippen LogP contribution in [-0.2, 0) is 10.2 Å². The van der Waals surface area contributed by atoms with E-state index in [1.807, 2.05) is 7.05 Å². The predicted octanol–water partition coefficient (Wildman–Crippen LogP) is 2.62. The molecule has 1 fully saturated rings. The van der Waals surface area contributed by atoms with Crippen LogP contribution in [0.3, 0.4) is 0 Å². The average molecular weight is 303 g/mol. The third kappa shape index (κ3) is 4.01. The Bertz CT molecular complexity index is 533. The molecule has 0 amide bonds. The minimum absolute atomic E-state index is 0.203. The van der Waals surface area contributed by atoms with E-state index in [1.165, 1.54) is 24.0 Å². The quantitative estimate of drug-likeness (QED) is 0.627. The van der Waals surface area contributed by atoms with Gasteiger partial charge in [-0.3, -0.25) is 4.99 Å². The Morgan fingerprint density at radius 1 is 1.27 bits per heavy atom. The van der Waals surface area contributed by atoms with Gasteiger partial charge in [-0.15, -0.1) is 0 Å². The summed E-state index contributed by atoms with van der Waals surface area (Å²) in [6, 6.07) is 8.70. The highest BCUT2D eigenvalue weighted by molar-refractivity contribution is 5.79. The van der Waals surface area contributed by atoms with E-state index in [2.05, 4.69) is 60.7 Å². The molecule has 0 bridgehead atoms. The van der Waals surface area contributed by atoms with Crippen molar-refractivity contribution in [2.45, 2.75) is 44.6 Å². The van der Waals surface area contributed by atoms with Gasteiger partial charge in [-0.25, -0.2) is 0 Å². The van der Waals surface area contributed by atoms with Gasteiger partial charge in [0.25, 0.3) is 0 Å². The normalized spacial score (nSPS) is 17.2. The molecule has 4 heteroatoms. The Balaban J connectivity index is 1.93. The summed E-state index contributed by atoms with van der Waals surface area (Å²) in [7, 11) is 3.54. The maximum atomic E-state index is 5.43. The molecule has 0 unspecified atom stereocenters. The first-order chi connectivity index (χ1) is 10.4. The molecule has 1 aromatic rings. The standard InChI is InChI=1S/C18H29N3O/c1-14-8-6-7-9-15(14)18(10-11-18)13-21-16(19-4)20-12-17(2,3)22-5/h6-9H,10-13H2,1-5H3,(H2,19,20,21). The van der Waals surface area contributed by atoms with Gasteiger partial charge in [0.2, 0.25) is 0 Å². The van der Waals surface area contributed by atoms with Gasteiger partial charge in [0, 0.05) is 32.7 Å².